The van der Waals surface area contributed by atoms with Crippen LogP contribution in [0.15, 0.2) is 147 Å². The molecule has 7 aromatic rings. The summed E-state index contributed by atoms with van der Waals surface area (Å²) in [7, 11) is 0. The van der Waals surface area contributed by atoms with Crippen LogP contribution in [0.3, 0.4) is 0 Å². The molecule has 0 bridgehead atoms. The molecule has 0 saturated carbocycles. The highest BCUT2D eigenvalue weighted by Crippen LogP contribution is 2.60. The van der Waals surface area contributed by atoms with Crippen LogP contribution < -0.4 is 21.3 Å². The zero-order chi connectivity index (χ0) is 26.7. The van der Waals surface area contributed by atoms with Crippen molar-refractivity contribution in [3.63, 3.8) is 0 Å². The fourth-order valence-corrected chi connectivity index (χ4v) is 9.60. The smallest absolute Gasteiger partial charge is 0.246 e. The van der Waals surface area contributed by atoms with Crippen LogP contribution in [0, 0.1) is 0 Å². The first kappa shape index (κ1) is 22.4. The monoisotopic (exact) mass is 556 g/mol. The van der Waals surface area contributed by atoms with E-state index >= 15 is 0 Å². The maximum atomic E-state index is 2.59. The van der Waals surface area contributed by atoms with Crippen molar-refractivity contribution < 1.29 is 0 Å². The van der Waals surface area contributed by atoms with Gasteiger partial charge in [-0.2, -0.15) is 0 Å². The Kier molecular flexibility index (Phi) is 4.44. The number of anilines is 3. The minimum absolute atomic E-state index is 0.221. The van der Waals surface area contributed by atoms with E-state index in [0.717, 1.165) is 0 Å². The zero-order valence-electron chi connectivity index (χ0n) is 21.9. The van der Waals surface area contributed by atoms with Gasteiger partial charge in [-0.05, 0) is 47.3 Å². The van der Waals surface area contributed by atoms with E-state index < -0.39 is 0 Å². The summed E-state index contributed by atoms with van der Waals surface area (Å²) in [4.78, 5) is 7.87. The minimum atomic E-state index is 0.221. The second-order valence-electron chi connectivity index (χ2n) is 10.9. The first-order chi connectivity index (χ1) is 20.3. The highest BCUT2D eigenvalue weighted by Gasteiger charge is 2.43. The normalized spacial score (nSPS) is 14.0. The van der Waals surface area contributed by atoms with E-state index in [9.17, 15) is 0 Å². The Balaban J connectivity index is 1.26. The summed E-state index contributed by atoms with van der Waals surface area (Å²) in [5.74, 6) is 0. The van der Waals surface area contributed by atoms with E-state index in [1.54, 1.807) is 0 Å². The molecule has 0 radical (unpaired) electrons. The minimum Gasteiger partial charge on any atom is -0.309 e. The quantitative estimate of drug-likeness (QED) is 0.200. The van der Waals surface area contributed by atoms with Gasteiger partial charge in [-0.1, -0.05) is 120 Å². The van der Waals surface area contributed by atoms with E-state index in [2.05, 4.69) is 137 Å². The largest absolute Gasteiger partial charge is 0.309 e. The van der Waals surface area contributed by atoms with Crippen LogP contribution in [-0.2, 0) is 0 Å². The third-order valence-corrected chi connectivity index (χ3v) is 10.9. The molecule has 0 fully saturated rings. The summed E-state index contributed by atoms with van der Waals surface area (Å²) in [5, 5.41) is 2.59. The van der Waals surface area contributed by atoms with Crippen molar-refractivity contribution in [2.75, 3.05) is 4.90 Å². The zero-order valence-corrected chi connectivity index (χ0v) is 23.5. The van der Waals surface area contributed by atoms with Gasteiger partial charge in [-0.15, -0.1) is 0 Å². The number of nitrogens with zero attached hydrogens (tertiary/aromatic N) is 2. The van der Waals surface area contributed by atoms with Gasteiger partial charge in [-0.25, -0.2) is 0 Å². The van der Waals surface area contributed by atoms with Gasteiger partial charge in [0.2, 0.25) is 6.71 Å². The Labute approximate surface area is 246 Å². The molecule has 0 saturated heterocycles. The molecule has 190 valence electrons. The standard InChI is InChI=1S/C36H21BN2S2/c1-2-10-22(11-3-1)37-26-14-8-18-30-34(26)39-35-27(37)15-9-19-31(35)41-33-21-23(20-32(40-30)36(33)39)38-28-16-6-4-12-24(28)25-13-5-7-17-29(25)38/h1-21H. The van der Waals surface area contributed by atoms with Gasteiger partial charge in [0.25, 0.3) is 0 Å². The van der Waals surface area contributed by atoms with Crippen molar-refractivity contribution in [2.24, 2.45) is 0 Å². The summed E-state index contributed by atoms with van der Waals surface area (Å²) < 4.78 is 2.45. The summed E-state index contributed by atoms with van der Waals surface area (Å²) in [6.07, 6.45) is 0. The summed E-state index contributed by atoms with van der Waals surface area (Å²) >= 11 is 3.84. The van der Waals surface area contributed by atoms with Crippen molar-refractivity contribution in [3.8, 4) is 5.69 Å². The predicted molar refractivity (Wildman–Crippen MR) is 175 cm³/mol. The molecule has 5 heteroatoms. The molecule has 0 aliphatic carbocycles. The van der Waals surface area contributed by atoms with Crippen LogP contribution in [0.1, 0.15) is 0 Å². The van der Waals surface area contributed by atoms with Gasteiger partial charge >= 0.3 is 0 Å². The van der Waals surface area contributed by atoms with Crippen molar-refractivity contribution in [3.05, 3.63) is 127 Å². The molecule has 10 rings (SSSR count). The molecule has 2 nitrogen and oxygen atoms in total. The predicted octanol–water partition coefficient (Wildman–Crippen LogP) is 8.01. The summed E-state index contributed by atoms with van der Waals surface area (Å²) in [5.41, 5.74) is 11.9. The molecule has 0 spiro atoms. The third kappa shape index (κ3) is 2.92. The Morgan fingerprint density at radius 2 is 1.00 bits per heavy atom. The number of benzene rings is 6. The fraction of sp³-hybridized carbons (Fsp3) is 0. The lowest BCUT2D eigenvalue weighted by atomic mass is 9.35. The molecule has 3 aliphatic rings. The highest BCUT2D eigenvalue weighted by molar-refractivity contribution is 8.00. The van der Waals surface area contributed by atoms with Crippen molar-refractivity contribution in [2.45, 2.75) is 19.6 Å². The topological polar surface area (TPSA) is 8.17 Å². The number of aromatic nitrogens is 1. The van der Waals surface area contributed by atoms with Crippen molar-refractivity contribution >= 4 is 85.5 Å². The Bertz CT molecular complexity index is 2110. The van der Waals surface area contributed by atoms with Crippen LogP contribution in [-0.4, -0.2) is 11.3 Å². The van der Waals surface area contributed by atoms with Gasteiger partial charge in [0.15, 0.2) is 0 Å². The Morgan fingerprint density at radius 3 is 1.59 bits per heavy atom. The number of fused-ring (bicyclic) bond motifs is 3. The first-order valence-corrected chi connectivity index (χ1v) is 15.6. The molecule has 0 atom stereocenters. The lowest BCUT2D eigenvalue weighted by Crippen LogP contribution is -2.58. The second kappa shape index (κ2) is 8.13. The van der Waals surface area contributed by atoms with E-state index in [-0.39, 0.29) is 6.71 Å². The molecular weight excluding hydrogens is 535 g/mol. The molecular formula is C36H21BN2S2. The average Bonchev–Trinajstić information content (AvgIpc) is 3.36. The number of para-hydroxylation sites is 4. The van der Waals surface area contributed by atoms with E-state index in [0.29, 0.717) is 0 Å². The van der Waals surface area contributed by atoms with Crippen LogP contribution in [0.2, 0.25) is 0 Å². The fourth-order valence-electron chi connectivity index (χ4n) is 7.21. The molecule has 0 unspecified atom stereocenters. The number of hydrogen-bond donors (Lipinski definition) is 0. The maximum Gasteiger partial charge on any atom is 0.246 e. The van der Waals surface area contributed by atoms with E-state index in [4.69, 9.17) is 0 Å². The average molecular weight is 557 g/mol. The summed E-state index contributed by atoms with van der Waals surface area (Å²) in [6.45, 7) is 0.221. The van der Waals surface area contributed by atoms with E-state index in [1.807, 2.05) is 23.5 Å². The molecule has 1 aromatic heterocycles. The SMILES string of the molecule is c1ccc(B2c3cccc4c3N3c5c(cc(-n6c7ccccc7c7ccccc76)cc5Sc5cccc2c53)S4)cc1. The highest BCUT2D eigenvalue weighted by atomic mass is 32.2. The number of rotatable bonds is 2. The molecule has 0 amide bonds. The lowest BCUT2D eigenvalue weighted by Gasteiger charge is -2.45. The van der Waals surface area contributed by atoms with Crippen molar-refractivity contribution in [1.82, 2.24) is 4.57 Å². The van der Waals surface area contributed by atoms with E-state index in [1.165, 1.54) is 80.5 Å². The molecule has 0 N–H and O–H groups in total. The lowest BCUT2D eigenvalue weighted by molar-refractivity contribution is 1.06. The molecule has 4 heterocycles. The van der Waals surface area contributed by atoms with Crippen LogP contribution in [0.5, 0.6) is 0 Å². The van der Waals surface area contributed by atoms with Crippen molar-refractivity contribution in [1.29, 1.82) is 0 Å². The van der Waals surface area contributed by atoms with Crippen LogP contribution in [0.4, 0.5) is 17.1 Å². The molecule has 41 heavy (non-hydrogen) atoms. The van der Waals surface area contributed by atoms with Gasteiger partial charge in [0.1, 0.15) is 0 Å². The Hall–Kier alpha value is -4.32. The summed E-state index contributed by atoms with van der Waals surface area (Å²) in [6, 6.07) is 47.2. The van der Waals surface area contributed by atoms with Crippen LogP contribution in [0.25, 0.3) is 27.5 Å². The van der Waals surface area contributed by atoms with Gasteiger partial charge in [0, 0.05) is 36.0 Å². The second-order valence-corrected chi connectivity index (χ2v) is 13.1. The number of hydrogen-bond acceptors (Lipinski definition) is 3. The molecule has 6 aromatic carbocycles. The third-order valence-electron chi connectivity index (χ3n) is 8.79. The van der Waals surface area contributed by atoms with Gasteiger partial charge in [-0.3, -0.25) is 0 Å². The molecule has 3 aliphatic heterocycles. The Morgan fingerprint density at radius 1 is 0.463 bits per heavy atom. The van der Waals surface area contributed by atoms with Gasteiger partial charge in [0.05, 0.1) is 28.1 Å². The maximum absolute atomic E-state index is 2.59. The van der Waals surface area contributed by atoms with Gasteiger partial charge < -0.3 is 9.47 Å². The first-order valence-electron chi connectivity index (χ1n) is 14.0. The van der Waals surface area contributed by atoms with Crippen LogP contribution >= 0.6 is 23.5 Å².